The van der Waals surface area contributed by atoms with Crippen molar-refractivity contribution in [1.82, 2.24) is 4.57 Å². The van der Waals surface area contributed by atoms with Crippen molar-refractivity contribution in [1.29, 1.82) is 0 Å². The fourth-order valence-corrected chi connectivity index (χ4v) is 6.08. The molecule has 0 saturated carbocycles. The predicted molar refractivity (Wildman–Crippen MR) is 123 cm³/mol. The van der Waals surface area contributed by atoms with Crippen LogP contribution in [0.4, 0.5) is 10.1 Å². The van der Waals surface area contributed by atoms with Gasteiger partial charge in [0.05, 0.1) is 17.3 Å². The van der Waals surface area contributed by atoms with Gasteiger partial charge in [0, 0.05) is 41.7 Å². The number of nitrogens with zero attached hydrogens (tertiary/aromatic N) is 2. The number of halogens is 1. The smallest absolute Gasteiger partial charge is 0.341 e. The Hall–Kier alpha value is -2.41. The first-order valence-corrected chi connectivity index (χ1v) is 11.8. The Bertz CT molecular complexity index is 1100. The van der Waals surface area contributed by atoms with Gasteiger partial charge in [-0.3, -0.25) is 4.79 Å². The number of piperidine rings is 1. The number of carboxylic acid groups (broad SMARTS) is 1. The van der Waals surface area contributed by atoms with Gasteiger partial charge >= 0.3 is 5.97 Å². The van der Waals surface area contributed by atoms with Crippen molar-refractivity contribution >= 4 is 22.6 Å². The van der Waals surface area contributed by atoms with Crippen molar-refractivity contribution in [3.63, 3.8) is 0 Å². The number of anilines is 1. The van der Waals surface area contributed by atoms with Crippen LogP contribution in [0.2, 0.25) is 0 Å². The third kappa shape index (κ3) is 3.51. The maximum Gasteiger partial charge on any atom is 0.341 e. The highest BCUT2D eigenvalue weighted by Crippen LogP contribution is 2.44. The van der Waals surface area contributed by atoms with Gasteiger partial charge in [-0.2, -0.15) is 0 Å². The minimum Gasteiger partial charge on any atom is -0.477 e. The summed E-state index contributed by atoms with van der Waals surface area (Å²) in [5.41, 5.74) is 0.720. The van der Waals surface area contributed by atoms with Gasteiger partial charge in [0.25, 0.3) is 0 Å². The topological polar surface area (TPSA) is 82.8 Å². The van der Waals surface area contributed by atoms with E-state index in [4.69, 9.17) is 0 Å². The van der Waals surface area contributed by atoms with Gasteiger partial charge in [-0.05, 0) is 45.1 Å². The molecule has 0 spiro atoms. The third-order valence-corrected chi connectivity index (χ3v) is 7.55. The number of aromatic nitrogens is 1. The van der Waals surface area contributed by atoms with Gasteiger partial charge in [-0.15, -0.1) is 0 Å². The molecule has 2 atom stereocenters. The molecule has 2 aliphatic rings. The number of carboxylic acids is 1. The number of aliphatic hydroxyl groups is 1. The second kappa shape index (κ2) is 8.50. The van der Waals surface area contributed by atoms with Crippen LogP contribution >= 0.6 is 0 Å². The van der Waals surface area contributed by atoms with E-state index in [-0.39, 0.29) is 22.4 Å². The Morgan fingerprint density at radius 3 is 2.56 bits per heavy atom. The van der Waals surface area contributed by atoms with Crippen LogP contribution in [0.3, 0.4) is 0 Å². The summed E-state index contributed by atoms with van der Waals surface area (Å²) in [6.45, 7) is 7.36. The summed E-state index contributed by atoms with van der Waals surface area (Å²) >= 11 is 0. The zero-order valence-electron chi connectivity index (χ0n) is 19.2. The fourth-order valence-electron chi connectivity index (χ4n) is 6.08. The lowest BCUT2D eigenvalue weighted by Gasteiger charge is -2.48. The molecule has 2 aliphatic heterocycles. The molecule has 3 heterocycles. The van der Waals surface area contributed by atoms with Crippen LogP contribution in [0, 0.1) is 11.2 Å². The Labute approximate surface area is 187 Å². The molecule has 0 aliphatic carbocycles. The van der Waals surface area contributed by atoms with Crippen LogP contribution in [-0.4, -0.2) is 39.9 Å². The third-order valence-electron chi connectivity index (χ3n) is 7.55. The normalized spacial score (nSPS) is 22.3. The monoisotopic (exact) mass is 444 g/mol. The van der Waals surface area contributed by atoms with Gasteiger partial charge in [0.15, 0.2) is 0 Å². The molecule has 32 heavy (non-hydrogen) atoms. The number of pyridine rings is 1. The van der Waals surface area contributed by atoms with E-state index >= 15 is 4.39 Å². The highest BCUT2D eigenvalue weighted by molar-refractivity contribution is 5.95. The zero-order chi connectivity index (χ0) is 23.2. The molecule has 174 valence electrons. The lowest BCUT2D eigenvalue weighted by molar-refractivity contribution is -0.00515. The summed E-state index contributed by atoms with van der Waals surface area (Å²) in [7, 11) is 0. The number of carbonyl (C=O) groups is 1. The summed E-state index contributed by atoms with van der Waals surface area (Å²) < 4.78 is 17.5. The summed E-state index contributed by atoms with van der Waals surface area (Å²) in [6, 6.07) is 1.24. The highest BCUT2D eigenvalue weighted by atomic mass is 19.1. The molecule has 1 aromatic carbocycles. The van der Waals surface area contributed by atoms with Crippen molar-refractivity contribution in [2.24, 2.45) is 5.41 Å². The molecule has 7 heteroatoms. The maximum absolute atomic E-state index is 15.6. The number of hydrogen-bond donors (Lipinski definition) is 2. The van der Waals surface area contributed by atoms with Crippen LogP contribution in [0.15, 0.2) is 17.1 Å². The van der Waals surface area contributed by atoms with E-state index in [1.165, 1.54) is 12.3 Å². The Morgan fingerprint density at radius 2 is 1.94 bits per heavy atom. The van der Waals surface area contributed by atoms with Crippen LogP contribution in [0.1, 0.15) is 81.3 Å². The molecule has 0 radical (unpaired) electrons. The van der Waals surface area contributed by atoms with Gasteiger partial charge < -0.3 is 19.7 Å². The van der Waals surface area contributed by atoms with Gasteiger partial charge in [0.2, 0.25) is 5.43 Å². The SMILES string of the molecule is CCCC1(CCC)CN(c2c(F)cc3c(=O)c(C(=O)O)cn4c3c2CCC4C)CC[C@@H]1O. The number of aryl methyl sites for hydroxylation is 1. The second-order valence-corrected chi connectivity index (χ2v) is 9.64. The predicted octanol–water partition coefficient (Wildman–Crippen LogP) is 4.50. The molecular formula is C25H33FN2O4. The maximum atomic E-state index is 15.6. The highest BCUT2D eigenvalue weighted by Gasteiger charge is 2.42. The molecule has 0 amide bonds. The molecule has 1 aromatic heterocycles. The molecule has 1 fully saturated rings. The fraction of sp³-hybridized carbons (Fsp3) is 0.600. The number of hydrogen-bond acceptors (Lipinski definition) is 4. The molecule has 2 N–H and O–H groups in total. The van der Waals surface area contributed by atoms with E-state index in [0.717, 1.165) is 37.7 Å². The molecule has 2 aromatic rings. The molecule has 1 saturated heterocycles. The van der Waals surface area contributed by atoms with Gasteiger partial charge in [-0.25, -0.2) is 9.18 Å². The van der Waals surface area contributed by atoms with E-state index < -0.39 is 23.3 Å². The zero-order valence-corrected chi connectivity index (χ0v) is 19.2. The van der Waals surface area contributed by atoms with Crippen LogP contribution in [0.5, 0.6) is 0 Å². The molecule has 6 nitrogen and oxygen atoms in total. The van der Waals surface area contributed by atoms with Crippen molar-refractivity contribution in [2.45, 2.75) is 77.9 Å². The Balaban J connectivity index is 1.91. The quantitative estimate of drug-likeness (QED) is 0.685. The van der Waals surface area contributed by atoms with Crippen molar-refractivity contribution in [3.05, 3.63) is 39.4 Å². The van der Waals surface area contributed by atoms with Gasteiger partial charge in [-0.1, -0.05) is 26.7 Å². The summed E-state index contributed by atoms with van der Waals surface area (Å²) in [5.74, 6) is -1.77. The number of benzene rings is 1. The van der Waals surface area contributed by atoms with E-state index in [1.807, 2.05) is 11.5 Å². The lowest BCUT2D eigenvalue weighted by Crippen LogP contribution is -2.52. The van der Waals surface area contributed by atoms with Crippen molar-refractivity contribution < 1.29 is 19.4 Å². The number of aliphatic hydroxyl groups excluding tert-OH is 1. The first-order valence-electron chi connectivity index (χ1n) is 11.8. The average Bonchev–Trinajstić information content (AvgIpc) is 2.74. The second-order valence-electron chi connectivity index (χ2n) is 9.64. The summed E-state index contributed by atoms with van der Waals surface area (Å²) in [4.78, 5) is 26.6. The molecule has 0 bridgehead atoms. The minimum atomic E-state index is -1.29. The molecule has 1 unspecified atom stereocenters. The van der Waals surface area contributed by atoms with E-state index in [9.17, 15) is 19.8 Å². The first-order chi connectivity index (χ1) is 15.2. The van der Waals surface area contributed by atoms with Crippen molar-refractivity contribution in [3.8, 4) is 0 Å². The summed E-state index contributed by atoms with van der Waals surface area (Å²) in [6.07, 6.45) is 6.63. The number of rotatable bonds is 6. The summed E-state index contributed by atoms with van der Waals surface area (Å²) in [5, 5.41) is 20.5. The first kappa shape index (κ1) is 22.8. The lowest BCUT2D eigenvalue weighted by atomic mass is 9.70. The standard InChI is InChI=1S/C25H33FN2O4/c1-4-9-25(10-5-2)14-27(11-8-20(25)29)22-16-7-6-15(3)28-13-18(24(31)32)23(30)17(21(16)28)12-19(22)26/h12-13,15,20,29H,4-11,14H2,1-3H3,(H,31,32)/t15?,20-/m0/s1. The van der Waals surface area contributed by atoms with E-state index in [0.29, 0.717) is 37.1 Å². The Kier molecular flexibility index (Phi) is 6.05. The largest absolute Gasteiger partial charge is 0.477 e. The Morgan fingerprint density at radius 1 is 1.25 bits per heavy atom. The van der Waals surface area contributed by atoms with Crippen LogP contribution in [0.25, 0.3) is 10.9 Å². The van der Waals surface area contributed by atoms with Crippen molar-refractivity contribution in [2.75, 3.05) is 18.0 Å². The molecule has 4 rings (SSSR count). The van der Waals surface area contributed by atoms with Gasteiger partial charge in [0.1, 0.15) is 11.4 Å². The van der Waals surface area contributed by atoms with Crippen LogP contribution < -0.4 is 10.3 Å². The minimum absolute atomic E-state index is 0.0180. The molecular weight excluding hydrogens is 411 g/mol. The average molecular weight is 445 g/mol. The van der Waals surface area contributed by atoms with Crippen LogP contribution in [-0.2, 0) is 6.42 Å². The number of aromatic carboxylic acids is 1. The van der Waals surface area contributed by atoms with E-state index in [2.05, 4.69) is 18.7 Å². The van der Waals surface area contributed by atoms with E-state index in [1.54, 1.807) is 0 Å².